The molecule has 0 spiro atoms. The minimum Gasteiger partial charge on any atom is -0.352 e. The number of rotatable bonds is 7. The summed E-state index contributed by atoms with van der Waals surface area (Å²) in [5.74, 6) is -0.492. The zero-order chi connectivity index (χ0) is 19.9. The number of nitro benzene ring substituents is 1. The minimum atomic E-state index is -0.473. The summed E-state index contributed by atoms with van der Waals surface area (Å²) in [7, 11) is 0. The average molecular weight is 396 g/mol. The molecule has 0 bridgehead atoms. The highest BCUT2D eigenvalue weighted by Crippen LogP contribution is 2.17. The maximum Gasteiger partial charge on any atom is 0.269 e. The molecule has 2 N–H and O–H groups in total. The quantitative estimate of drug-likeness (QED) is 0.470. The molecule has 1 heterocycles. The summed E-state index contributed by atoms with van der Waals surface area (Å²) in [6.45, 7) is 0.262. The van der Waals surface area contributed by atoms with Crippen molar-refractivity contribution < 1.29 is 14.5 Å². The predicted octanol–water partition coefficient (Wildman–Crippen LogP) is 3.16. The molecule has 3 aromatic rings. The first-order valence-electron chi connectivity index (χ1n) is 8.32. The fourth-order valence-electron chi connectivity index (χ4n) is 2.37. The van der Waals surface area contributed by atoms with E-state index in [2.05, 4.69) is 15.6 Å². The maximum absolute atomic E-state index is 12.1. The fourth-order valence-corrected chi connectivity index (χ4v) is 3.07. The van der Waals surface area contributed by atoms with E-state index in [1.54, 1.807) is 41.8 Å². The van der Waals surface area contributed by atoms with E-state index in [0.717, 1.165) is 5.56 Å². The Hall–Kier alpha value is -3.59. The molecule has 142 valence electrons. The molecule has 0 radical (unpaired) electrons. The molecule has 28 heavy (non-hydrogen) atoms. The molecule has 8 nitrogen and oxygen atoms in total. The van der Waals surface area contributed by atoms with Gasteiger partial charge in [0.05, 0.1) is 17.0 Å². The fraction of sp³-hybridized carbons (Fsp3) is 0.105. The van der Waals surface area contributed by atoms with Gasteiger partial charge in [0.15, 0.2) is 5.13 Å². The lowest BCUT2D eigenvalue weighted by Crippen LogP contribution is -2.24. The lowest BCUT2D eigenvalue weighted by Gasteiger charge is -2.04. The van der Waals surface area contributed by atoms with Gasteiger partial charge in [0.2, 0.25) is 5.91 Å². The molecule has 0 aliphatic rings. The molecular weight excluding hydrogens is 380 g/mol. The number of nitrogens with zero attached hydrogens (tertiary/aromatic N) is 2. The Kier molecular flexibility index (Phi) is 6.07. The molecule has 0 aliphatic carbocycles. The SMILES string of the molecule is O=C(Cc1csc(NC(=O)c2ccccc2)n1)NCc1ccc([N+](=O)[O-])cc1. The van der Waals surface area contributed by atoms with Crippen LogP contribution in [0.25, 0.3) is 0 Å². The zero-order valence-corrected chi connectivity index (χ0v) is 15.4. The summed E-state index contributed by atoms with van der Waals surface area (Å²) < 4.78 is 0. The number of nitrogens with one attached hydrogen (secondary N) is 2. The van der Waals surface area contributed by atoms with Crippen LogP contribution in [-0.4, -0.2) is 21.7 Å². The van der Waals surface area contributed by atoms with E-state index >= 15 is 0 Å². The standard InChI is InChI=1S/C19H16N4O4S/c24-17(20-11-13-6-8-16(9-7-13)23(26)27)10-15-12-28-19(21-15)22-18(25)14-4-2-1-3-5-14/h1-9,12H,10-11H2,(H,20,24)(H,21,22,25). The minimum absolute atomic E-state index is 0.00243. The number of anilines is 1. The summed E-state index contributed by atoms with van der Waals surface area (Å²) in [4.78, 5) is 38.6. The van der Waals surface area contributed by atoms with E-state index in [-0.39, 0.29) is 30.5 Å². The largest absolute Gasteiger partial charge is 0.352 e. The van der Waals surface area contributed by atoms with Crippen molar-refractivity contribution in [3.63, 3.8) is 0 Å². The number of aromatic nitrogens is 1. The molecule has 1 aromatic heterocycles. The van der Waals surface area contributed by atoms with E-state index < -0.39 is 4.92 Å². The highest BCUT2D eigenvalue weighted by atomic mass is 32.1. The van der Waals surface area contributed by atoms with Crippen LogP contribution < -0.4 is 10.6 Å². The van der Waals surface area contributed by atoms with Crippen LogP contribution >= 0.6 is 11.3 Å². The molecule has 0 saturated heterocycles. The summed E-state index contributed by atoms with van der Waals surface area (Å²) >= 11 is 1.25. The van der Waals surface area contributed by atoms with Gasteiger partial charge in [-0.05, 0) is 17.7 Å². The number of carbonyl (C=O) groups is 2. The van der Waals surface area contributed by atoms with Gasteiger partial charge in [0.1, 0.15) is 0 Å². The summed E-state index contributed by atoms with van der Waals surface area (Å²) in [6, 6.07) is 14.8. The number of nitro groups is 1. The van der Waals surface area contributed by atoms with E-state index in [1.165, 1.54) is 23.5 Å². The first kappa shape index (κ1) is 19.2. The molecule has 0 saturated carbocycles. The van der Waals surface area contributed by atoms with Gasteiger partial charge in [-0.1, -0.05) is 30.3 Å². The van der Waals surface area contributed by atoms with E-state index in [4.69, 9.17) is 0 Å². The summed E-state index contributed by atoms with van der Waals surface area (Å²) in [5, 5.41) is 18.2. The Balaban J connectivity index is 1.49. The maximum atomic E-state index is 12.1. The molecule has 2 aromatic carbocycles. The number of benzene rings is 2. The Morgan fingerprint density at radius 3 is 2.46 bits per heavy atom. The third-order valence-electron chi connectivity index (χ3n) is 3.79. The van der Waals surface area contributed by atoms with Crippen molar-refractivity contribution in [2.24, 2.45) is 0 Å². The zero-order valence-electron chi connectivity index (χ0n) is 14.6. The van der Waals surface area contributed by atoms with Gasteiger partial charge < -0.3 is 5.32 Å². The van der Waals surface area contributed by atoms with Gasteiger partial charge in [-0.25, -0.2) is 4.98 Å². The van der Waals surface area contributed by atoms with E-state index in [1.807, 2.05) is 6.07 Å². The molecule has 0 aliphatic heterocycles. The molecule has 9 heteroatoms. The summed E-state index contributed by atoms with van der Waals surface area (Å²) in [6.07, 6.45) is 0.0741. The van der Waals surface area contributed by atoms with Gasteiger partial charge in [0, 0.05) is 29.6 Å². The van der Waals surface area contributed by atoms with Crippen molar-refractivity contribution >= 4 is 34.0 Å². The number of thiazole rings is 1. The second-order valence-corrected chi connectivity index (χ2v) is 6.70. The third-order valence-corrected chi connectivity index (χ3v) is 4.59. The van der Waals surface area contributed by atoms with Crippen LogP contribution in [0, 0.1) is 10.1 Å². The first-order chi connectivity index (χ1) is 13.5. The van der Waals surface area contributed by atoms with E-state index in [0.29, 0.717) is 16.4 Å². The Morgan fingerprint density at radius 2 is 1.79 bits per heavy atom. The van der Waals surface area contributed by atoms with Crippen molar-refractivity contribution in [1.29, 1.82) is 0 Å². The number of amides is 2. The van der Waals surface area contributed by atoms with Gasteiger partial charge in [-0.15, -0.1) is 11.3 Å². The molecule has 3 rings (SSSR count). The first-order valence-corrected chi connectivity index (χ1v) is 9.20. The smallest absolute Gasteiger partial charge is 0.269 e. The number of carbonyl (C=O) groups excluding carboxylic acids is 2. The van der Waals surface area contributed by atoms with Crippen molar-refractivity contribution in [1.82, 2.24) is 10.3 Å². The van der Waals surface area contributed by atoms with Crippen LogP contribution in [0.2, 0.25) is 0 Å². The van der Waals surface area contributed by atoms with Crippen LogP contribution in [-0.2, 0) is 17.8 Å². The van der Waals surface area contributed by atoms with Crippen LogP contribution in [0.15, 0.2) is 60.0 Å². The lowest BCUT2D eigenvalue weighted by atomic mass is 10.2. The number of non-ortho nitro benzene ring substituents is 1. The lowest BCUT2D eigenvalue weighted by molar-refractivity contribution is -0.384. The molecular formula is C19H16N4O4S. The van der Waals surface area contributed by atoms with Gasteiger partial charge >= 0.3 is 0 Å². The van der Waals surface area contributed by atoms with Crippen LogP contribution in [0.1, 0.15) is 21.6 Å². The van der Waals surface area contributed by atoms with Crippen molar-refractivity contribution in [3.05, 3.63) is 86.9 Å². The normalized spacial score (nSPS) is 10.3. The summed E-state index contributed by atoms with van der Waals surface area (Å²) in [5.41, 5.74) is 1.84. The molecule has 2 amide bonds. The third kappa shape index (κ3) is 5.21. The van der Waals surface area contributed by atoms with Gasteiger partial charge in [-0.3, -0.25) is 25.0 Å². The van der Waals surface area contributed by atoms with E-state index in [9.17, 15) is 19.7 Å². The highest BCUT2D eigenvalue weighted by Gasteiger charge is 2.11. The van der Waals surface area contributed by atoms with Crippen LogP contribution in [0.5, 0.6) is 0 Å². The Morgan fingerprint density at radius 1 is 1.07 bits per heavy atom. The number of hydrogen-bond donors (Lipinski definition) is 2. The Bertz CT molecular complexity index is 987. The Labute approximate surface area is 164 Å². The molecule has 0 fully saturated rings. The topological polar surface area (TPSA) is 114 Å². The molecule has 0 unspecified atom stereocenters. The predicted molar refractivity (Wildman–Crippen MR) is 105 cm³/mol. The van der Waals surface area contributed by atoms with Gasteiger partial charge in [-0.2, -0.15) is 0 Å². The van der Waals surface area contributed by atoms with Crippen LogP contribution in [0.4, 0.5) is 10.8 Å². The second kappa shape index (κ2) is 8.87. The monoisotopic (exact) mass is 396 g/mol. The molecule has 0 atom stereocenters. The van der Waals surface area contributed by atoms with Crippen molar-refractivity contribution in [2.75, 3.05) is 5.32 Å². The van der Waals surface area contributed by atoms with Crippen LogP contribution in [0.3, 0.4) is 0 Å². The van der Waals surface area contributed by atoms with Gasteiger partial charge in [0.25, 0.3) is 11.6 Å². The van der Waals surface area contributed by atoms with Crippen molar-refractivity contribution in [3.8, 4) is 0 Å². The average Bonchev–Trinajstić information content (AvgIpc) is 3.14. The second-order valence-electron chi connectivity index (χ2n) is 5.84. The highest BCUT2D eigenvalue weighted by molar-refractivity contribution is 7.14. The van der Waals surface area contributed by atoms with Crippen molar-refractivity contribution in [2.45, 2.75) is 13.0 Å². The number of hydrogen-bond acceptors (Lipinski definition) is 6.